The summed E-state index contributed by atoms with van der Waals surface area (Å²) in [5.41, 5.74) is -1.62. The second-order valence-corrected chi connectivity index (χ2v) is 14.8. The Labute approximate surface area is 263 Å². The molecule has 2 aromatic heterocycles. The zero-order chi connectivity index (χ0) is 32.7. The van der Waals surface area contributed by atoms with E-state index in [9.17, 15) is 28.0 Å². The number of hydrogen-bond acceptors (Lipinski definition) is 14. The lowest BCUT2D eigenvalue weighted by molar-refractivity contribution is -0.146. The van der Waals surface area contributed by atoms with Gasteiger partial charge in [0.1, 0.15) is 42.0 Å². The maximum absolute atomic E-state index is 13.9. The van der Waals surface area contributed by atoms with Crippen molar-refractivity contribution in [1.82, 2.24) is 29.4 Å². The first-order valence-corrected chi connectivity index (χ1v) is 17.5. The normalized spacial score (nSPS) is 25.5. The molecule has 4 unspecified atom stereocenters. The summed E-state index contributed by atoms with van der Waals surface area (Å²) < 4.78 is 61.3. The van der Waals surface area contributed by atoms with E-state index >= 15 is 0 Å². The van der Waals surface area contributed by atoms with E-state index in [0.29, 0.717) is 5.02 Å². The fraction of sp³-hybridized carbons (Fsp3) is 0.520. The first-order chi connectivity index (χ1) is 21.1. The summed E-state index contributed by atoms with van der Waals surface area (Å²) in [7, 11) is -6.55. The minimum Gasteiger partial charge on any atom is -0.461 e. The molecular formula is C25H33ClN7O10PS. The fourth-order valence-corrected chi connectivity index (χ4v) is 6.78. The highest BCUT2D eigenvalue weighted by Crippen LogP contribution is 2.47. The first kappa shape index (κ1) is 33.4. The van der Waals surface area contributed by atoms with Gasteiger partial charge in [0.05, 0.1) is 19.2 Å². The van der Waals surface area contributed by atoms with E-state index in [1.165, 1.54) is 62.4 Å². The van der Waals surface area contributed by atoms with Crippen molar-refractivity contribution >= 4 is 52.3 Å². The molecule has 246 valence electrons. The van der Waals surface area contributed by atoms with Crippen molar-refractivity contribution in [2.45, 2.75) is 62.9 Å². The monoisotopic (exact) mass is 689 g/mol. The van der Waals surface area contributed by atoms with Gasteiger partial charge in [0, 0.05) is 12.1 Å². The number of benzene rings is 1. The molecule has 1 saturated heterocycles. The van der Waals surface area contributed by atoms with Crippen LogP contribution in [0.25, 0.3) is 11.2 Å². The van der Waals surface area contributed by atoms with E-state index in [2.05, 4.69) is 24.9 Å². The van der Waals surface area contributed by atoms with Gasteiger partial charge in [-0.15, -0.1) is 4.83 Å². The first-order valence-electron chi connectivity index (χ1n) is 13.7. The molecule has 45 heavy (non-hydrogen) atoms. The molecule has 4 N–H and O–H groups in total. The van der Waals surface area contributed by atoms with E-state index in [4.69, 9.17) is 30.1 Å². The number of aliphatic hydroxyl groups excluding tert-OH is 1. The number of hydrogen-bond donors (Lipinski definition) is 4. The summed E-state index contributed by atoms with van der Waals surface area (Å²) in [6.07, 6.45) is 0.643. The molecule has 20 heteroatoms. The van der Waals surface area contributed by atoms with Crippen molar-refractivity contribution in [3.05, 3.63) is 41.9 Å². The Morgan fingerprint density at radius 2 is 1.98 bits per heavy atom. The number of aromatic nitrogens is 4. The summed E-state index contributed by atoms with van der Waals surface area (Å²) in [5.74, 6) is -0.415. The molecule has 0 amide bonds. The van der Waals surface area contributed by atoms with Crippen LogP contribution in [-0.4, -0.2) is 94.0 Å². The van der Waals surface area contributed by atoms with E-state index in [1.54, 1.807) is 0 Å². The summed E-state index contributed by atoms with van der Waals surface area (Å²) in [6, 6.07) is 4.85. The zero-order valence-electron chi connectivity index (χ0n) is 24.6. The van der Waals surface area contributed by atoms with Crippen LogP contribution in [0, 0.1) is 0 Å². The molecule has 1 saturated carbocycles. The molecule has 1 aromatic carbocycles. The molecule has 2 fully saturated rings. The van der Waals surface area contributed by atoms with E-state index < -0.39 is 60.4 Å². The van der Waals surface area contributed by atoms with E-state index in [0.717, 1.165) is 24.1 Å². The number of anilines is 1. The van der Waals surface area contributed by atoms with Crippen LogP contribution < -0.4 is 19.5 Å². The number of aliphatic hydroxyl groups is 2. The Morgan fingerprint density at radius 1 is 1.29 bits per heavy atom. The number of rotatable bonds is 13. The zero-order valence-corrected chi connectivity index (χ0v) is 27.1. The van der Waals surface area contributed by atoms with Crippen molar-refractivity contribution in [2.24, 2.45) is 0 Å². The highest BCUT2D eigenvalue weighted by atomic mass is 35.5. The second-order valence-electron chi connectivity index (χ2n) is 11.0. The van der Waals surface area contributed by atoms with Crippen LogP contribution in [0.2, 0.25) is 5.02 Å². The van der Waals surface area contributed by atoms with Gasteiger partial charge >= 0.3 is 13.7 Å². The van der Waals surface area contributed by atoms with Crippen LogP contribution in [0.15, 0.2) is 36.9 Å². The largest absolute Gasteiger partial charge is 0.461 e. The second kappa shape index (κ2) is 12.7. The standard InChI is InChI=1S/C25H33ClN7O10PS/c1-14(23(35)41-16-9-10-16)30-44(37,43-17-7-5-15(26)6-8-17)40-11-18-20(34)25(2,36)24(42-18)33-13-29-19-21(27-12-28-22(19)33)32(3)31-45(4,38)39/h5-8,12-14,16,18,20,24,31,34,36H,9-11H2,1-4H3,(H,30,37)/t14?,18?,20-,24?,25-,44?/m1/s1. The number of hydrazine groups is 1. The van der Waals surface area contributed by atoms with E-state index in [1.807, 2.05) is 0 Å². The predicted octanol–water partition coefficient (Wildman–Crippen LogP) is 1.28. The van der Waals surface area contributed by atoms with Crippen LogP contribution >= 0.6 is 19.3 Å². The highest BCUT2D eigenvalue weighted by Gasteiger charge is 2.54. The Kier molecular flexibility index (Phi) is 9.43. The van der Waals surface area contributed by atoms with E-state index in [-0.39, 0.29) is 28.8 Å². The third-order valence-corrected chi connectivity index (χ3v) is 9.43. The Morgan fingerprint density at radius 3 is 2.62 bits per heavy atom. The maximum Gasteiger partial charge on any atom is 0.459 e. The molecule has 5 rings (SSSR count). The van der Waals surface area contributed by atoms with Gasteiger partial charge < -0.3 is 24.2 Å². The summed E-state index contributed by atoms with van der Waals surface area (Å²) in [5, 5.41) is 26.5. The van der Waals surface area contributed by atoms with Gasteiger partial charge in [-0.25, -0.2) is 27.9 Å². The molecule has 17 nitrogen and oxygen atoms in total. The average Bonchev–Trinajstić information content (AvgIpc) is 3.62. The smallest absolute Gasteiger partial charge is 0.459 e. The van der Waals surface area contributed by atoms with Crippen LogP contribution in [0.3, 0.4) is 0 Å². The predicted molar refractivity (Wildman–Crippen MR) is 160 cm³/mol. The number of sulfonamides is 1. The number of ether oxygens (including phenoxy) is 2. The lowest BCUT2D eigenvalue weighted by atomic mass is 9.96. The third-order valence-electron chi connectivity index (χ3n) is 6.93. The van der Waals surface area contributed by atoms with Crippen molar-refractivity contribution in [2.75, 3.05) is 24.9 Å². The van der Waals surface area contributed by atoms with Crippen LogP contribution in [0.5, 0.6) is 5.75 Å². The number of nitrogens with zero attached hydrogens (tertiary/aromatic N) is 5. The Hall–Kier alpha value is -2.93. The number of imidazole rings is 1. The van der Waals surface area contributed by atoms with Gasteiger partial charge in [0.15, 0.2) is 23.2 Å². The van der Waals surface area contributed by atoms with Crippen molar-refractivity contribution < 1.29 is 46.5 Å². The van der Waals surface area contributed by atoms with Gasteiger partial charge in [0.25, 0.3) is 0 Å². The van der Waals surface area contributed by atoms with Crippen LogP contribution in [0.1, 0.15) is 32.9 Å². The molecule has 2 aliphatic rings. The molecule has 6 atom stereocenters. The summed E-state index contributed by atoms with van der Waals surface area (Å²) in [6.45, 7) is 2.21. The van der Waals surface area contributed by atoms with Gasteiger partial charge in [0.2, 0.25) is 10.0 Å². The lowest BCUT2D eigenvalue weighted by Gasteiger charge is -2.27. The minimum atomic E-state index is -4.33. The maximum atomic E-state index is 13.9. The van der Waals surface area contributed by atoms with Gasteiger partial charge in [-0.1, -0.05) is 11.6 Å². The Bertz CT molecular complexity index is 1710. The van der Waals surface area contributed by atoms with Crippen LogP contribution in [0.4, 0.5) is 5.82 Å². The molecule has 0 spiro atoms. The topological polar surface area (TPSA) is 217 Å². The molecule has 0 bridgehead atoms. The molecule has 3 aromatic rings. The van der Waals surface area contributed by atoms with Gasteiger partial charge in [-0.3, -0.25) is 18.9 Å². The number of fused-ring (bicyclic) bond motifs is 1. The summed E-state index contributed by atoms with van der Waals surface area (Å²) in [4.78, 5) is 27.3. The molecule has 1 aliphatic heterocycles. The number of halogens is 1. The lowest BCUT2D eigenvalue weighted by Crippen LogP contribution is -2.44. The average molecular weight is 690 g/mol. The number of carbonyl (C=O) groups is 1. The fourth-order valence-electron chi connectivity index (χ4n) is 4.56. The molecule has 1 aliphatic carbocycles. The minimum absolute atomic E-state index is 0.114. The number of esters is 1. The molecule has 3 heterocycles. The number of carbonyl (C=O) groups excluding carboxylic acids is 1. The summed E-state index contributed by atoms with van der Waals surface area (Å²) >= 11 is 5.95. The van der Waals surface area contributed by atoms with Gasteiger partial charge in [-0.05, 0) is 51.0 Å². The SMILES string of the molecule is CC(NP(=O)(OCC1OC(n2cnc3c(N(C)NS(C)(=O)=O)ncnc32)[C@](C)(O)[C@@H]1O)Oc1ccc(Cl)cc1)C(=O)OC1CC1. The van der Waals surface area contributed by atoms with Crippen molar-refractivity contribution in [3.8, 4) is 5.75 Å². The Balaban J connectivity index is 1.36. The third kappa shape index (κ3) is 7.73. The van der Waals surface area contributed by atoms with Crippen molar-refractivity contribution in [3.63, 3.8) is 0 Å². The van der Waals surface area contributed by atoms with Gasteiger partial charge in [-0.2, -0.15) is 5.09 Å². The highest BCUT2D eigenvalue weighted by molar-refractivity contribution is 7.88. The van der Waals surface area contributed by atoms with Crippen LogP contribution in [-0.2, 0) is 33.4 Å². The molecular weight excluding hydrogens is 657 g/mol. The quantitative estimate of drug-likeness (QED) is 0.113. The molecule has 0 radical (unpaired) electrons. The van der Waals surface area contributed by atoms with Crippen molar-refractivity contribution in [1.29, 1.82) is 0 Å². The number of nitrogens with one attached hydrogen (secondary N) is 2.